The summed E-state index contributed by atoms with van der Waals surface area (Å²) in [5.41, 5.74) is -0.222. The fraction of sp³-hybridized carbons (Fsp3) is 0.500. The lowest BCUT2D eigenvalue weighted by molar-refractivity contribution is -0.149. The standard InChI is InChI=1S/C20H27NO3/c1-6-10-17(22)21-19(2,3)13-16(14-20(21,4)5)24-18(23)15-11-8-7-9-12-15/h6-12,16H,13-14H2,1-5H3. The summed E-state index contributed by atoms with van der Waals surface area (Å²) in [6.07, 6.45) is 4.39. The Morgan fingerprint density at radius 3 is 2.12 bits per heavy atom. The van der Waals surface area contributed by atoms with Crippen LogP contribution in [0.2, 0.25) is 0 Å². The van der Waals surface area contributed by atoms with Gasteiger partial charge in [0.1, 0.15) is 6.10 Å². The third kappa shape index (κ3) is 3.86. The molecule has 1 aliphatic rings. The number of likely N-dealkylation sites (tertiary alicyclic amines) is 1. The van der Waals surface area contributed by atoms with Gasteiger partial charge in [-0.15, -0.1) is 0 Å². The molecule has 24 heavy (non-hydrogen) atoms. The van der Waals surface area contributed by atoms with Crippen LogP contribution in [0.3, 0.4) is 0 Å². The number of rotatable bonds is 3. The van der Waals surface area contributed by atoms with E-state index in [9.17, 15) is 9.59 Å². The van der Waals surface area contributed by atoms with Gasteiger partial charge in [0.25, 0.3) is 0 Å². The third-order valence-electron chi connectivity index (χ3n) is 4.48. The molecule has 1 saturated heterocycles. The van der Waals surface area contributed by atoms with Crippen molar-refractivity contribution in [2.45, 2.75) is 64.6 Å². The fourth-order valence-corrected chi connectivity index (χ4v) is 3.88. The lowest BCUT2D eigenvalue weighted by atomic mass is 9.78. The van der Waals surface area contributed by atoms with E-state index in [1.54, 1.807) is 24.3 Å². The minimum atomic E-state index is -0.389. The average Bonchev–Trinajstić information content (AvgIpc) is 2.45. The Morgan fingerprint density at radius 2 is 1.62 bits per heavy atom. The van der Waals surface area contributed by atoms with E-state index in [4.69, 9.17) is 4.74 Å². The van der Waals surface area contributed by atoms with Gasteiger partial charge in [-0.25, -0.2) is 4.79 Å². The van der Waals surface area contributed by atoms with Gasteiger partial charge in [-0.2, -0.15) is 0 Å². The van der Waals surface area contributed by atoms with Crippen LogP contribution in [0.4, 0.5) is 0 Å². The van der Waals surface area contributed by atoms with Gasteiger partial charge in [0.05, 0.1) is 5.56 Å². The van der Waals surface area contributed by atoms with Gasteiger partial charge in [-0.3, -0.25) is 4.79 Å². The van der Waals surface area contributed by atoms with Crippen molar-refractivity contribution in [1.82, 2.24) is 4.90 Å². The van der Waals surface area contributed by atoms with Crippen LogP contribution in [0.5, 0.6) is 0 Å². The first kappa shape index (κ1) is 18.2. The van der Waals surface area contributed by atoms with Crippen LogP contribution in [0.1, 0.15) is 57.8 Å². The highest BCUT2D eigenvalue weighted by Gasteiger charge is 2.48. The van der Waals surface area contributed by atoms with Crippen molar-refractivity contribution in [2.75, 3.05) is 0 Å². The number of benzene rings is 1. The summed E-state index contributed by atoms with van der Waals surface area (Å²) in [6, 6.07) is 9.02. The highest BCUT2D eigenvalue weighted by Crippen LogP contribution is 2.40. The van der Waals surface area contributed by atoms with E-state index in [0.717, 1.165) is 0 Å². The zero-order valence-corrected chi connectivity index (χ0v) is 15.2. The molecule has 4 nitrogen and oxygen atoms in total. The average molecular weight is 329 g/mol. The van der Waals surface area contributed by atoms with Crippen molar-refractivity contribution in [2.24, 2.45) is 0 Å². The van der Waals surface area contributed by atoms with E-state index in [0.29, 0.717) is 18.4 Å². The Morgan fingerprint density at radius 1 is 1.08 bits per heavy atom. The van der Waals surface area contributed by atoms with Gasteiger partial charge in [-0.05, 0) is 52.8 Å². The van der Waals surface area contributed by atoms with Crippen molar-refractivity contribution >= 4 is 11.9 Å². The Balaban J connectivity index is 2.17. The maximum atomic E-state index is 12.5. The summed E-state index contributed by atoms with van der Waals surface area (Å²) in [5, 5.41) is 0. The lowest BCUT2D eigenvalue weighted by Gasteiger charge is -2.54. The van der Waals surface area contributed by atoms with Crippen molar-refractivity contribution in [3.8, 4) is 0 Å². The molecular weight excluding hydrogens is 302 g/mol. The van der Waals surface area contributed by atoms with Gasteiger partial charge < -0.3 is 9.64 Å². The maximum absolute atomic E-state index is 12.5. The first-order valence-electron chi connectivity index (χ1n) is 8.40. The number of allylic oxidation sites excluding steroid dienone is 1. The van der Waals surface area contributed by atoms with Crippen molar-refractivity contribution < 1.29 is 14.3 Å². The summed E-state index contributed by atoms with van der Waals surface area (Å²) in [6.45, 7) is 9.95. The molecule has 0 spiro atoms. The molecule has 1 amide bonds. The molecule has 1 aromatic rings. The van der Waals surface area contributed by atoms with E-state index in [1.165, 1.54) is 0 Å². The monoisotopic (exact) mass is 329 g/mol. The second kappa shape index (κ2) is 6.80. The Hall–Kier alpha value is -2.10. The van der Waals surface area contributed by atoms with Gasteiger partial charge in [0, 0.05) is 23.9 Å². The number of carbonyl (C=O) groups is 2. The number of esters is 1. The first-order valence-corrected chi connectivity index (χ1v) is 8.40. The van der Waals surface area contributed by atoms with Crippen LogP contribution in [0.25, 0.3) is 0 Å². The molecule has 0 atom stereocenters. The molecule has 0 N–H and O–H groups in total. The minimum Gasteiger partial charge on any atom is -0.459 e. The van der Waals surface area contributed by atoms with Crippen LogP contribution < -0.4 is 0 Å². The van der Waals surface area contributed by atoms with Gasteiger partial charge in [0.2, 0.25) is 5.91 Å². The SMILES string of the molecule is CC=CC(=O)N1C(C)(C)CC(OC(=O)c2ccccc2)CC1(C)C. The van der Waals surface area contributed by atoms with Gasteiger partial charge >= 0.3 is 5.97 Å². The summed E-state index contributed by atoms with van der Waals surface area (Å²) in [4.78, 5) is 26.8. The van der Waals surface area contributed by atoms with Crippen LogP contribution in [0, 0.1) is 0 Å². The Kier molecular flexibility index (Phi) is 5.16. The largest absolute Gasteiger partial charge is 0.459 e. The summed E-state index contributed by atoms with van der Waals surface area (Å²) in [7, 11) is 0. The van der Waals surface area contributed by atoms with Crippen LogP contribution in [-0.4, -0.2) is 34.0 Å². The molecule has 2 rings (SSSR count). The molecule has 130 valence electrons. The van der Waals surface area contributed by atoms with Crippen molar-refractivity contribution in [3.63, 3.8) is 0 Å². The Labute approximate surface area is 144 Å². The Bertz CT molecular complexity index is 614. The smallest absolute Gasteiger partial charge is 0.338 e. The minimum absolute atomic E-state index is 0.000311. The number of hydrogen-bond acceptors (Lipinski definition) is 3. The predicted molar refractivity (Wildman–Crippen MR) is 94.7 cm³/mol. The van der Waals surface area contributed by atoms with E-state index in [-0.39, 0.29) is 29.1 Å². The van der Waals surface area contributed by atoms with E-state index < -0.39 is 0 Å². The molecule has 1 heterocycles. The predicted octanol–water partition coefficient (Wildman–Crippen LogP) is 3.97. The quantitative estimate of drug-likeness (QED) is 0.623. The summed E-state index contributed by atoms with van der Waals surface area (Å²) >= 11 is 0. The molecule has 0 bridgehead atoms. The van der Waals surface area contributed by atoms with Crippen LogP contribution in [0.15, 0.2) is 42.5 Å². The zero-order chi connectivity index (χ0) is 18.0. The molecular formula is C20H27NO3. The van der Waals surface area contributed by atoms with Crippen LogP contribution >= 0.6 is 0 Å². The molecule has 1 aromatic carbocycles. The third-order valence-corrected chi connectivity index (χ3v) is 4.48. The number of carbonyl (C=O) groups excluding carboxylic acids is 2. The molecule has 0 aliphatic carbocycles. The molecule has 0 saturated carbocycles. The molecule has 4 heteroatoms. The highest BCUT2D eigenvalue weighted by molar-refractivity contribution is 5.90. The molecule has 1 fully saturated rings. The lowest BCUT2D eigenvalue weighted by Crippen LogP contribution is -2.64. The highest BCUT2D eigenvalue weighted by atomic mass is 16.5. The van der Waals surface area contributed by atoms with Gasteiger partial charge in [-0.1, -0.05) is 24.3 Å². The van der Waals surface area contributed by atoms with E-state index in [1.807, 2.05) is 57.7 Å². The number of amides is 1. The molecule has 0 radical (unpaired) electrons. The van der Waals surface area contributed by atoms with Gasteiger partial charge in [0.15, 0.2) is 0 Å². The maximum Gasteiger partial charge on any atom is 0.338 e. The summed E-state index contributed by atoms with van der Waals surface area (Å²) < 4.78 is 5.74. The second-order valence-electron chi connectivity index (χ2n) is 7.60. The summed E-state index contributed by atoms with van der Waals surface area (Å²) in [5.74, 6) is -0.305. The molecule has 1 aliphatic heterocycles. The van der Waals surface area contributed by atoms with Crippen molar-refractivity contribution in [3.05, 3.63) is 48.0 Å². The number of nitrogens with zero attached hydrogens (tertiary/aromatic N) is 1. The second-order valence-corrected chi connectivity index (χ2v) is 7.60. The normalized spacial score (nSPS) is 20.1. The van der Waals surface area contributed by atoms with E-state index in [2.05, 4.69) is 0 Å². The van der Waals surface area contributed by atoms with Crippen molar-refractivity contribution in [1.29, 1.82) is 0 Å². The number of ether oxygens (including phenoxy) is 1. The molecule has 0 aromatic heterocycles. The fourth-order valence-electron chi connectivity index (χ4n) is 3.88. The molecule has 0 unspecified atom stereocenters. The topological polar surface area (TPSA) is 46.6 Å². The zero-order valence-electron chi connectivity index (χ0n) is 15.2. The first-order chi connectivity index (χ1) is 11.2. The van der Waals surface area contributed by atoms with Crippen LogP contribution in [-0.2, 0) is 9.53 Å². The van der Waals surface area contributed by atoms with E-state index >= 15 is 0 Å². The number of piperidine rings is 1. The number of hydrogen-bond donors (Lipinski definition) is 0.